The van der Waals surface area contributed by atoms with Gasteiger partial charge >= 0.3 is 5.97 Å². The number of rotatable bonds is 7. The molecule has 0 atom stereocenters. The van der Waals surface area contributed by atoms with Crippen molar-refractivity contribution in [3.63, 3.8) is 0 Å². The van der Waals surface area contributed by atoms with Gasteiger partial charge in [-0.05, 0) is 54.8 Å². The molecular formula is C25H24BrNO7. The maximum absolute atomic E-state index is 13.4. The summed E-state index contributed by atoms with van der Waals surface area (Å²) < 4.78 is 27.2. The number of amides is 1. The largest absolute Gasteiger partial charge is 0.493 e. The molecular weight excluding hydrogens is 506 g/mol. The van der Waals surface area contributed by atoms with Gasteiger partial charge in [0, 0.05) is 16.7 Å². The van der Waals surface area contributed by atoms with Crippen molar-refractivity contribution in [3.8, 4) is 23.0 Å². The molecule has 0 bridgehead atoms. The minimum absolute atomic E-state index is 0.136. The lowest BCUT2D eigenvalue weighted by Gasteiger charge is -2.18. The highest BCUT2D eigenvalue weighted by Gasteiger charge is 2.37. The maximum atomic E-state index is 13.4. The summed E-state index contributed by atoms with van der Waals surface area (Å²) in [4.78, 5) is 27.7. The van der Waals surface area contributed by atoms with E-state index in [0.717, 1.165) is 5.56 Å². The first-order valence-corrected chi connectivity index (χ1v) is 11.3. The normalized spacial score (nSPS) is 15.9. The summed E-state index contributed by atoms with van der Waals surface area (Å²) in [6.45, 7) is 2.26. The summed E-state index contributed by atoms with van der Waals surface area (Å²) in [6.07, 6.45) is 2.22. The van der Waals surface area contributed by atoms with Crippen molar-refractivity contribution in [2.75, 3.05) is 34.7 Å². The highest BCUT2D eigenvalue weighted by molar-refractivity contribution is 9.10. The van der Waals surface area contributed by atoms with E-state index in [1.54, 1.807) is 44.3 Å². The molecule has 2 aromatic carbocycles. The third kappa shape index (κ3) is 4.35. The van der Waals surface area contributed by atoms with E-state index in [1.807, 2.05) is 18.2 Å². The van der Waals surface area contributed by atoms with Crippen LogP contribution in [0.1, 0.15) is 18.1 Å². The third-order valence-corrected chi connectivity index (χ3v) is 6.45. The average molecular weight is 530 g/mol. The predicted molar refractivity (Wildman–Crippen MR) is 128 cm³/mol. The molecule has 0 saturated carbocycles. The van der Waals surface area contributed by atoms with Crippen molar-refractivity contribution < 1.29 is 33.3 Å². The van der Waals surface area contributed by atoms with Crippen molar-refractivity contribution in [3.05, 3.63) is 62.8 Å². The number of hydrogen-bond donors (Lipinski definition) is 0. The molecule has 178 valence electrons. The predicted octanol–water partition coefficient (Wildman–Crippen LogP) is 4.11. The van der Waals surface area contributed by atoms with Crippen LogP contribution in [0.5, 0.6) is 23.0 Å². The van der Waals surface area contributed by atoms with Crippen LogP contribution in [0.15, 0.2) is 51.6 Å². The van der Waals surface area contributed by atoms with Crippen molar-refractivity contribution in [2.45, 2.75) is 13.3 Å². The van der Waals surface area contributed by atoms with Gasteiger partial charge in [-0.1, -0.05) is 22.0 Å². The van der Waals surface area contributed by atoms with Crippen LogP contribution in [0.25, 0.3) is 6.08 Å². The quantitative estimate of drug-likeness (QED) is 0.394. The third-order valence-electron chi connectivity index (χ3n) is 5.76. The lowest BCUT2D eigenvalue weighted by atomic mass is 10.0. The van der Waals surface area contributed by atoms with Gasteiger partial charge in [0.15, 0.2) is 23.0 Å². The second kappa shape index (κ2) is 9.80. The number of carbonyl (C=O) groups is 2. The maximum Gasteiger partial charge on any atom is 0.340 e. The molecule has 4 rings (SSSR count). The number of halogens is 1. The fraction of sp³-hybridized carbons (Fsp3) is 0.280. The van der Waals surface area contributed by atoms with Gasteiger partial charge in [-0.2, -0.15) is 0 Å². The number of hydrogen-bond acceptors (Lipinski definition) is 7. The first-order chi connectivity index (χ1) is 16.4. The van der Waals surface area contributed by atoms with Gasteiger partial charge in [0.1, 0.15) is 0 Å². The minimum Gasteiger partial charge on any atom is -0.493 e. The Balaban J connectivity index is 1.65. The molecule has 8 nitrogen and oxygen atoms in total. The molecule has 0 N–H and O–H groups in total. The van der Waals surface area contributed by atoms with Crippen LogP contribution in [-0.4, -0.2) is 51.4 Å². The lowest BCUT2D eigenvalue weighted by Crippen LogP contribution is -2.27. The van der Waals surface area contributed by atoms with E-state index < -0.39 is 5.97 Å². The molecule has 0 spiro atoms. The molecule has 0 radical (unpaired) electrons. The smallest absolute Gasteiger partial charge is 0.340 e. The molecule has 34 heavy (non-hydrogen) atoms. The van der Waals surface area contributed by atoms with Gasteiger partial charge in [0.05, 0.1) is 32.5 Å². The Labute approximate surface area is 205 Å². The van der Waals surface area contributed by atoms with Crippen molar-refractivity contribution in [1.82, 2.24) is 4.90 Å². The Bertz CT molecular complexity index is 1220. The first-order valence-electron chi connectivity index (χ1n) is 10.5. The number of fused-ring (bicyclic) bond motifs is 1. The number of esters is 1. The monoisotopic (exact) mass is 529 g/mol. The van der Waals surface area contributed by atoms with Crippen molar-refractivity contribution >= 4 is 33.9 Å². The van der Waals surface area contributed by atoms with E-state index in [0.29, 0.717) is 51.7 Å². The second-order valence-corrected chi connectivity index (χ2v) is 8.49. The Kier molecular flexibility index (Phi) is 6.83. The molecule has 2 aliphatic rings. The summed E-state index contributed by atoms with van der Waals surface area (Å²) in [5, 5.41) is 0. The number of carbonyl (C=O) groups excluding carboxylic acids is 2. The molecule has 0 aliphatic carbocycles. The number of ether oxygens (including phenoxy) is 5. The van der Waals surface area contributed by atoms with E-state index >= 15 is 0 Å². The fourth-order valence-electron chi connectivity index (χ4n) is 3.97. The summed E-state index contributed by atoms with van der Waals surface area (Å²) in [5.74, 6) is 1.59. The Morgan fingerprint density at radius 3 is 2.47 bits per heavy atom. The van der Waals surface area contributed by atoms with Crippen LogP contribution in [-0.2, 0) is 20.7 Å². The van der Waals surface area contributed by atoms with Crippen LogP contribution >= 0.6 is 15.9 Å². The van der Waals surface area contributed by atoms with Gasteiger partial charge in [-0.25, -0.2) is 4.79 Å². The van der Waals surface area contributed by atoms with E-state index in [9.17, 15) is 9.59 Å². The second-order valence-electron chi connectivity index (χ2n) is 7.63. The van der Waals surface area contributed by atoms with Crippen LogP contribution in [0.2, 0.25) is 0 Å². The van der Waals surface area contributed by atoms with Gasteiger partial charge < -0.3 is 28.6 Å². The Morgan fingerprint density at radius 2 is 1.79 bits per heavy atom. The van der Waals surface area contributed by atoms with E-state index in [1.165, 1.54) is 7.11 Å². The molecule has 9 heteroatoms. The molecule has 0 unspecified atom stereocenters. The number of nitrogens with zero attached hydrogens (tertiary/aromatic N) is 1. The molecule has 2 aliphatic heterocycles. The molecule has 2 heterocycles. The summed E-state index contributed by atoms with van der Waals surface area (Å²) in [6, 6.07) is 9.16. The number of methoxy groups -OCH3 is 3. The van der Waals surface area contributed by atoms with Gasteiger partial charge in [-0.15, -0.1) is 0 Å². The van der Waals surface area contributed by atoms with Crippen LogP contribution in [0.4, 0.5) is 0 Å². The zero-order chi connectivity index (χ0) is 24.4. The summed E-state index contributed by atoms with van der Waals surface area (Å²) >= 11 is 3.51. The standard InChI is InChI=1S/C25H24BrNO7/c1-14-23(25(29)32-4)17(10-16-11-21-22(12-18(16)26)34-13-33-21)24(28)27(14)8-7-15-5-6-19(30-2)20(9-15)31-3/h5-6,9-12H,7-8,13H2,1-4H3/b17-10+. The van der Waals surface area contributed by atoms with Gasteiger partial charge in [0.2, 0.25) is 6.79 Å². The number of benzene rings is 2. The molecule has 2 aromatic rings. The minimum atomic E-state index is -0.567. The van der Waals surface area contributed by atoms with E-state index in [2.05, 4.69) is 15.9 Å². The highest BCUT2D eigenvalue weighted by atomic mass is 79.9. The fourth-order valence-corrected chi connectivity index (χ4v) is 4.41. The first kappa shape index (κ1) is 23.7. The van der Waals surface area contributed by atoms with Gasteiger partial charge in [0.25, 0.3) is 5.91 Å². The lowest BCUT2D eigenvalue weighted by molar-refractivity contribution is -0.136. The summed E-state index contributed by atoms with van der Waals surface area (Å²) in [5.41, 5.74) is 2.69. The zero-order valence-electron chi connectivity index (χ0n) is 19.3. The highest BCUT2D eigenvalue weighted by Crippen LogP contribution is 2.39. The van der Waals surface area contributed by atoms with Crippen molar-refractivity contribution in [1.29, 1.82) is 0 Å². The SMILES string of the molecule is COC(=O)C1=C(C)N(CCc2ccc(OC)c(OC)c2)C(=O)/C1=C/c1cc2c(cc1Br)OCO2. The van der Waals surface area contributed by atoms with Crippen LogP contribution < -0.4 is 18.9 Å². The Morgan fingerprint density at radius 1 is 1.09 bits per heavy atom. The molecule has 1 amide bonds. The van der Waals surface area contributed by atoms with Crippen LogP contribution in [0, 0.1) is 0 Å². The Hall–Kier alpha value is -3.46. The number of allylic oxidation sites excluding steroid dienone is 1. The topological polar surface area (TPSA) is 83.5 Å². The summed E-state index contributed by atoms with van der Waals surface area (Å²) in [7, 11) is 4.45. The van der Waals surface area contributed by atoms with Crippen LogP contribution in [0.3, 0.4) is 0 Å². The zero-order valence-corrected chi connectivity index (χ0v) is 20.9. The van der Waals surface area contributed by atoms with Gasteiger partial charge in [-0.3, -0.25) is 4.79 Å². The molecule has 0 fully saturated rings. The average Bonchev–Trinajstić information content (AvgIpc) is 3.38. The van der Waals surface area contributed by atoms with Crippen molar-refractivity contribution in [2.24, 2.45) is 0 Å². The molecule has 0 aromatic heterocycles. The van der Waals surface area contributed by atoms with E-state index in [4.69, 9.17) is 23.7 Å². The van der Waals surface area contributed by atoms with E-state index in [-0.39, 0.29) is 23.8 Å². The molecule has 0 saturated heterocycles.